The highest BCUT2D eigenvalue weighted by Crippen LogP contribution is 2.34. The molecule has 1 aromatic heterocycles. The average molecular weight is 286 g/mol. The van der Waals surface area contributed by atoms with Crippen LogP contribution < -0.4 is 0 Å². The standard InChI is InChI=1S/C13H13Cl2NO2/c1-2-5-16-7-8(6-11(17)18)9-3-4-10(14)12(15)13(9)16/h3-4,7H,2,5-6H2,1H3,(H,17,18). The maximum absolute atomic E-state index is 10.9. The van der Waals surface area contributed by atoms with Gasteiger partial charge in [0.2, 0.25) is 0 Å². The molecule has 1 aromatic carbocycles. The summed E-state index contributed by atoms with van der Waals surface area (Å²) in [7, 11) is 0. The van der Waals surface area contributed by atoms with Crippen molar-refractivity contribution in [3.8, 4) is 0 Å². The summed E-state index contributed by atoms with van der Waals surface area (Å²) in [5, 5.41) is 10.8. The first-order chi connectivity index (χ1) is 8.54. The summed E-state index contributed by atoms with van der Waals surface area (Å²) in [6.45, 7) is 2.84. The van der Waals surface area contributed by atoms with Gasteiger partial charge in [-0.2, -0.15) is 0 Å². The number of carboxylic acid groups (broad SMARTS) is 1. The predicted octanol–water partition coefficient (Wildman–Crippen LogP) is 3.99. The number of carboxylic acids is 1. The van der Waals surface area contributed by atoms with Gasteiger partial charge in [0, 0.05) is 18.1 Å². The Morgan fingerprint density at radius 2 is 2.11 bits per heavy atom. The van der Waals surface area contributed by atoms with Gasteiger partial charge >= 0.3 is 5.97 Å². The van der Waals surface area contributed by atoms with Gasteiger partial charge in [-0.1, -0.05) is 36.2 Å². The molecule has 0 aliphatic heterocycles. The zero-order valence-electron chi connectivity index (χ0n) is 9.91. The number of nitrogens with zero attached hydrogens (tertiary/aromatic N) is 1. The van der Waals surface area contributed by atoms with Crippen LogP contribution in [0.5, 0.6) is 0 Å². The van der Waals surface area contributed by atoms with Gasteiger partial charge in [-0.25, -0.2) is 0 Å². The van der Waals surface area contributed by atoms with E-state index < -0.39 is 5.97 Å². The maximum atomic E-state index is 10.9. The second-order valence-electron chi connectivity index (χ2n) is 4.18. The van der Waals surface area contributed by atoms with E-state index in [0.717, 1.165) is 29.4 Å². The molecule has 18 heavy (non-hydrogen) atoms. The monoisotopic (exact) mass is 285 g/mol. The molecule has 0 spiro atoms. The molecule has 2 aromatic rings. The van der Waals surface area contributed by atoms with Crippen molar-refractivity contribution in [3.63, 3.8) is 0 Å². The van der Waals surface area contributed by atoms with Gasteiger partial charge in [0.25, 0.3) is 0 Å². The molecule has 0 unspecified atom stereocenters. The number of hydrogen-bond acceptors (Lipinski definition) is 1. The molecule has 0 bridgehead atoms. The summed E-state index contributed by atoms with van der Waals surface area (Å²) in [6, 6.07) is 3.53. The normalized spacial score (nSPS) is 11.1. The Hall–Kier alpha value is -1.19. The van der Waals surface area contributed by atoms with Crippen molar-refractivity contribution in [3.05, 3.63) is 33.9 Å². The molecule has 0 fully saturated rings. The molecular formula is C13H13Cl2NO2. The van der Waals surface area contributed by atoms with E-state index in [1.165, 1.54) is 0 Å². The minimum atomic E-state index is -0.850. The smallest absolute Gasteiger partial charge is 0.307 e. The third kappa shape index (κ3) is 2.33. The molecule has 0 radical (unpaired) electrons. The lowest BCUT2D eigenvalue weighted by atomic mass is 10.1. The van der Waals surface area contributed by atoms with Gasteiger partial charge < -0.3 is 9.67 Å². The molecule has 0 saturated heterocycles. The molecule has 96 valence electrons. The lowest BCUT2D eigenvalue weighted by molar-refractivity contribution is -0.136. The third-order valence-corrected chi connectivity index (χ3v) is 3.61. The summed E-state index contributed by atoms with van der Waals surface area (Å²) < 4.78 is 1.97. The van der Waals surface area contributed by atoms with Crippen LogP contribution in [-0.4, -0.2) is 15.6 Å². The number of carbonyl (C=O) groups is 1. The number of aryl methyl sites for hydroxylation is 1. The van der Waals surface area contributed by atoms with Crippen LogP contribution >= 0.6 is 23.2 Å². The van der Waals surface area contributed by atoms with Gasteiger partial charge in [-0.05, 0) is 18.1 Å². The van der Waals surface area contributed by atoms with Crippen molar-refractivity contribution in [1.82, 2.24) is 4.57 Å². The zero-order valence-corrected chi connectivity index (χ0v) is 11.4. The molecule has 0 aliphatic carbocycles. The molecule has 2 rings (SSSR count). The van der Waals surface area contributed by atoms with Crippen LogP contribution in [0.15, 0.2) is 18.3 Å². The highest BCUT2D eigenvalue weighted by molar-refractivity contribution is 6.45. The van der Waals surface area contributed by atoms with E-state index in [2.05, 4.69) is 6.92 Å². The van der Waals surface area contributed by atoms with E-state index in [0.29, 0.717) is 10.0 Å². The third-order valence-electron chi connectivity index (χ3n) is 2.82. The minimum absolute atomic E-state index is 0.00875. The van der Waals surface area contributed by atoms with E-state index >= 15 is 0 Å². The van der Waals surface area contributed by atoms with Crippen LogP contribution in [0.25, 0.3) is 10.9 Å². The van der Waals surface area contributed by atoms with Crippen molar-refractivity contribution in [2.45, 2.75) is 26.3 Å². The summed E-state index contributed by atoms with van der Waals surface area (Å²) in [6.07, 6.45) is 2.79. The van der Waals surface area contributed by atoms with Crippen LogP contribution in [0.4, 0.5) is 0 Å². The van der Waals surface area contributed by atoms with Crippen molar-refractivity contribution < 1.29 is 9.90 Å². The molecule has 0 aliphatic rings. The average Bonchev–Trinajstić information content (AvgIpc) is 2.62. The number of aliphatic carboxylic acids is 1. The fourth-order valence-electron chi connectivity index (χ4n) is 2.12. The lowest BCUT2D eigenvalue weighted by Gasteiger charge is -2.05. The Morgan fingerprint density at radius 3 is 2.72 bits per heavy atom. The molecule has 5 heteroatoms. The van der Waals surface area contributed by atoms with E-state index in [9.17, 15) is 4.79 Å². The maximum Gasteiger partial charge on any atom is 0.307 e. The lowest BCUT2D eigenvalue weighted by Crippen LogP contribution is -1.99. The van der Waals surface area contributed by atoms with E-state index in [1.807, 2.05) is 16.8 Å². The first-order valence-corrected chi connectivity index (χ1v) is 6.47. The Morgan fingerprint density at radius 1 is 1.39 bits per heavy atom. The number of hydrogen-bond donors (Lipinski definition) is 1. The van der Waals surface area contributed by atoms with Crippen LogP contribution in [-0.2, 0) is 17.8 Å². The van der Waals surface area contributed by atoms with E-state index in [4.69, 9.17) is 28.3 Å². The highest BCUT2D eigenvalue weighted by atomic mass is 35.5. The number of fused-ring (bicyclic) bond motifs is 1. The first-order valence-electron chi connectivity index (χ1n) is 5.72. The van der Waals surface area contributed by atoms with Gasteiger partial charge in [0.1, 0.15) is 0 Å². The van der Waals surface area contributed by atoms with Crippen molar-refractivity contribution in [2.24, 2.45) is 0 Å². The van der Waals surface area contributed by atoms with E-state index in [1.54, 1.807) is 6.07 Å². The second-order valence-corrected chi connectivity index (χ2v) is 4.96. The molecule has 1 heterocycles. The topological polar surface area (TPSA) is 42.2 Å². The van der Waals surface area contributed by atoms with Gasteiger partial charge in [0.05, 0.1) is 22.0 Å². The zero-order chi connectivity index (χ0) is 13.3. The summed E-state index contributed by atoms with van der Waals surface area (Å²) in [5.41, 5.74) is 1.59. The summed E-state index contributed by atoms with van der Waals surface area (Å²) in [4.78, 5) is 10.9. The van der Waals surface area contributed by atoms with Crippen LogP contribution in [0.1, 0.15) is 18.9 Å². The van der Waals surface area contributed by atoms with Gasteiger partial charge in [-0.15, -0.1) is 0 Å². The minimum Gasteiger partial charge on any atom is -0.481 e. The SMILES string of the molecule is CCCn1cc(CC(=O)O)c2ccc(Cl)c(Cl)c21. The summed E-state index contributed by atoms with van der Waals surface area (Å²) >= 11 is 12.2. The number of halogens is 2. The Balaban J connectivity index is 2.67. The molecule has 0 saturated carbocycles. The van der Waals surface area contributed by atoms with E-state index in [-0.39, 0.29) is 6.42 Å². The second kappa shape index (κ2) is 5.21. The number of benzene rings is 1. The first kappa shape index (κ1) is 13.2. The highest BCUT2D eigenvalue weighted by Gasteiger charge is 2.15. The number of aromatic nitrogens is 1. The van der Waals surface area contributed by atoms with Crippen LogP contribution in [0, 0.1) is 0 Å². The fourth-order valence-corrected chi connectivity index (χ4v) is 2.55. The van der Waals surface area contributed by atoms with Crippen molar-refractivity contribution in [2.75, 3.05) is 0 Å². The van der Waals surface area contributed by atoms with Crippen LogP contribution in [0.2, 0.25) is 10.0 Å². The van der Waals surface area contributed by atoms with Crippen molar-refractivity contribution >= 4 is 40.1 Å². The molecule has 0 atom stereocenters. The quantitative estimate of drug-likeness (QED) is 0.923. The van der Waals surface area contributed by atoms with Crippen LogP contribution in [0.3, 0.4) is 0 Å². The largest absolute Gasteiger partial charge is 0.481 e. The predicted molar refractivity (Wildman–Crippen MR) is 73.6 cm³/mol. The molecule has 3 nitrogen and oxygen atoms in total. The molecule has 0 amide bonds. The number of rotatable bonds is 4. The Bertz CT molecular complexity index is 605. The Labute approximate surface area is 115 Å². The fraction of sp³-hybridized carbons (Fsp3) is 0.308. The molecular weight excluding hydrogens is 273 g/mol. The molecule has 1 N–H and O–H groups in total. The summed E-state index contributed by atoms with van der Waals surface area (Å²) in [5.74, 6) is -0.850. The Kier molecular flexibility index (Phi) is 3.83. The van der Waals surface area contributed by atoms with Gasteiger partial charge in [0.15, 0.2) is 0 Å². The van der Waals surface area contributed by atoms with Crippen molar-refractivity contribution in [1.29, 1.82) is 0 Å². The van der Waals surface area contributed by atoms with Gasteiger partial charge in [-0.3, -0.25) is 4.79 Å².